The summed E-state index contributed by atoms with van der Waals surface area (Å²) in [7, 11) is 0. The Labute approximate surface area is 133 Å². The molecule has 1 atom stereocenters. The van der Waals surface area contributed by atoms with Gasteiger partial charge in [0.2, 0.25) is 0 Å². The summed E-state index contributed by atoms with van der Waals surface area (Å²) in [5.41, 5.74) is 2.14. The van der Waals surface area contributed by atoms with Crippen molar-refractivity contribution in [2.24, 2.45) is 0 Å². The van der Waals surface area contributed by atoms with Crippen LogP contribution in [0.2, 0.25) is 0 Å². The van der Waals surface area contributed by atoms with Gasteiger partial charge in [0.05, 0.1) is 14.3 Å². The molecule has 19 heavy (non-hydrogen) atoms. The minimum atomic E-state index is -0.229. The monoisotopic (exact) mass is 405 g/mol. The Morgan fingerprint density at radius 1 is 1.32 bits per heavy atom. The maximum Gasteiger partial charge on any atom is 0.137 e. The van der Waals surface area contributed by atoms with Gasteiger partial charge >= 0.3 is 0 Å². The van der Waals surface area contributed by atoms with Crippen molar-refractivity contribution in [3.8, 4) is 0 Å². The highest BCUT2D eigenvalue weighted by molar-refractivity contribution is 9.11. The molecular formula is C14H14Br2FNS. The quantitative estimate of drug-likeness (QED) is 0.714. The van der Waals surface area contributed by atoms with Crippen LogP contribution < -0.4 is 5.32 Å². The molecule has 0 saturated heterocycles. The maximum absolute atomic E-state index is 13.7. The number of thiophene rings is 1. The van der Waals surface area contributed by atoms with Crippen LogP contribution in [0.25, 0.3) is 0 Å². The van der Waals surface area contributed by atoms with E-state index in [1.54, 1.807) is 23.5 Å². The van der Waals surface area contributed by atoms with Gasteiger partial charge in [-0.25, -0.2) is 4.39 Å². The average molecular weight is 407 g/mol. The van der Waals surface area contributed by atoms with Crippen molar-refractivity contribution in [2.45, 2.75) is 19.9 Å². The van der Waals surface area contributed by atoms with Gasteiger partial charge in [-0.15, -0.1) is 11.3 Å². The van der Waals surface area contributed by atoms with Gasteiger partial charge in [0.1, 0.15) is 5.82 Å². The Kier molecular flexibility index (Phi) is 5.17. The van der Waals surface area contributed by atoms with E-state index in [0.717, 1.165) is 15.9 Å². The molecule has 1 nitrogen and oxygen atoms in total. The van der Waals surface area contributed by atoms with Crippen LogP contribution in [0.1, 0.15) is 29.0 Å². The van der Waals surface area contributed by atoms with Crippen LogP contribution >= 0.6 is 43.2 Å². The lowest BCUT2D eigenvalue weighted by Crippen LogP contribution is -2.22. The lowest BCUT2D eigenvalue weighted by Gasteiger charge is -2.19. The molecule has 0 aliphatic heterocycles. The van der Waals surface area contributed by atoms with E-state index in [0.29, 0.717) is 4.47 Å². The minimum Gasteiger partial charge on any atom is -0.306 e. The SMILES string of the molecule is CCNC(c1ccc(Br)c(F)c1)c1cc(Br)sc1C. The van der Waals surface area contributed by atoms with Crippen molar-refractivity contribution in [3.05, 3.63) is 54.3 Å². The number of hydrogen-bond donors (Lipinski definition) is 1. The lowest BCUT2D eigenvalue weighted by molar-refractivity contribution is 0.598. The van der Waals surface area contributed by atoms with Gasteiger partial charge in [-0.2, -0.15) is 0 Å². The summed E-state index contributed by atoms with van der Waals surface area (Å²) >= 11 is 8.40. The molecule has 1 N–H and O–H groups in total. The summed E-state index contributed by atoms with van der Waals surface area (Å²) in [6, 6.07) is 7.42. The Balaban J connectivity index is 2.44. The largest absolute Gasteiger partial charge is 0.306 e. The molecule has 5 heteroatoms. The predicted molar refractivity (Wildman–Crippen MR) is 86.4 cm³/mol. The van der Waals surface area contributed by atoms with Gasteiger partial charge in [-0.1, -0.05) is 13.0 Å². The second-order valence-corrected chi connectivity index (χ2v) is 7.72. The summed E-state index contributed by atoms with van der Waals surface area (Å²) in [6.07, 6.45) is 0. The number of hydrogen-bond acceptors (Lipinski definition) is 2. The first-order valence-corrected chi connectivity index (χ1v) is 8.37. The van der Waals surface area contributed by atoms with E-state index in [9.17, 15) is 4.39 Å². The summed E-state index contributed by atoms with van der Waals surface area (Å²) in [6.45, 7) is 4.97. The summed E-state index contributed by atoms with van der Waals surface area (Å²) in [5.74, 6) is -0.229. The van der Waals surface area contributed by atoms with E-state index in [2.05, 4.69) is 57.1 Å². The first kappa shape index (κ1) is 15.2. The van der Waals surface area contributed by atoms with Crippen LogP contribution in [0.4, 0.5) is 4.39 Å². The molecule has 0 saturated carbocycles. The highest BCUT2D eigenvalue weighted by atomic mass is 79.9. The van der Waals surface area contributed by atoms with Crippen molar-refractivity contribution in [3.63, 3.8) is 0 Å². The zero-order valence-corrected chi connectivity index (χ0v) is 14.6. The maximum atomic E-state index is 13.7. The molecule has 102 valence electrons. The minimum absolute atomic E-state index is 0.0233. The zero-order chi connectivity index (χ0) is 14.0. The summed E-state index contributed by atoms with van der Waals surface area (Å²) in [5, 5.41) is 3.42. The van der Waals surface area contributed by atoms with E-state index in [1.165, 1.54) is 10.4 Å². The van der Waals surface area contributed by atoms with Crippen LogP contribution in [-0.2, 0) is 0 Å². The Hall–Kier alpha value is -0.230. The fourth-order valence-electron chi connectivity index (χ4n) is 2.05. The molecule has 0 aliphatic rings. The van der Waals surface area contributed by atoms with Crippen molar-refractivity contribution in [1.82, 2.24) is 5.32 Å². The average Bonchev–Trinajstić information content (AvgIpc) is 2.69. The van der Waals surface area contributed by atoms with E-state index in [-0.39, 0.29) is 11.9 Å². The van der Waals surface area contributed by atoms with Crippen LogP contribution in [-0.4, -0.2) is 6.54 Å². The number of aryl methyl sites for hydroxylation is 1. The fourth-order valence-corrected chi connectivity index (χ4v) is 4.04. The van der Waals surface area contributed by atoms with Crippen molar-refractivity contribution < 1.29 is 4.39 Å². The highest BCUT2D eigenvalue weighted by Gasteiger charge is 2.18. The third-order valence-corrected chi connectivity index (χ3v) is 5.13. The number of rotatable bonds is 4. The molecule has 1 heterocycles. The molecule has 0 radical (unpaired) electrons. The molecule has 0 fully saturated rings. The first-order valence-electron chi connectivity index (χ1n) is 5.97. The number of benzene rings is 1. The lowest BCUT2D eigenvalue weighted by atomic mass is 9.99. The van der Waals surface area contributed by atoms with Crippen LogP contribution in [0, 0.1) is 12.7 Å². The fraction of sp³-hybridized carbons (Fsp3) is 0.286. The van der Waals surface area contributed by atoms with E-state index >= 15 is 0 Å². The first-order chi connectivity index (χ1) is 9.02. The van der Waals surface area contributed by atoms with E-state index in [1.807, 2.05) is 6.07 Å². The molecule has 1 unspecified atom stereocenters. The Morgan fingerprint density at radius 3 is 2.58 bits per heavy atom. The van der Waals surface area contributed by atoms with Gasteiger partial charge in [-0.05, 0) is 74.7 Å². The van der Waals surface area contributed by atoms with Crippen molar-refractivity contribution in [1.29, 1.82) is 0 Å². The Bertz CT molecular complexity index is 583. The highest BCUT2D eigenvalue weighted by Crippen LogP contribution is 2.34. The summed E-state index contributed by atoms with van der Waals surface area (Å²) in [4.78, 5) is 1.24. The molecule has 1 aromatic heterocycles. The molecule has 0 amide bonds. The van der Waals surface area contributed by atoms with Crippen molar-refractivity contribution in [2.75, 3.05) is 6.54 Å². The molecular weight excluding hydrogens is 393 g/mol. The third kappa shape index (κ3) is 3.45. The normalized spacial score (nSPS) is 12.7. The smallest absolute Gasteiger partial charge is 0.137 e. The molecule has 0 bridgehead atoms. The second-order valence-electron chi connectivity index (χ2n) is 4.23. The second kappa shape index (κ2) is 6.48. The number of nitrogens with one attached hydrogen (secondary N) is 1. The van der Waals surface area contributed by atoms with Crippen LogP contribution in [0.15, 0.2) is 32.5 Å². The van der Waals surface area contributed by atoms with Gasteiger partial charge < -0.3 is 5.32 Å². The van der Waals surface area contributed by atoms with Gasteiger partial charge in [-0.3, -0.25) is 0 Å². The molecule has 2 aromatic rings. The van der Waals surface area contributed by atoms with Crippen LogP contribution in [0.5, 0.6) is 0 Å². The molecule has 0 aliphatic carbocycles. The van der Waals surface area contributed by atoms with E-state index in [4.69, 9.17) is 0 Å². The summed E-state index contributed by atoms with van der Waals surface area (Å²) < 4.78 is 15.3. The zero-order valence-electron chi connectivity index (χ0n) is 10.6. The standard InChI is InChI=1S/C14H14Br2FNS/c1-3-18-14(10-7-13(16)19-8(10)2)9-4-5-11(15)12(17)6-9/h4-7,14,18H,3H2,1-2H3. The van der Waals surface area contributed by atoms with Crippen LogP contribution in [0.3, 0.4) is 0 Å². The number of halogens is 3. The van der Waals surface area contributed by atoms with Gasteiger partial charge in [0, 0.05) is 4.88 Å². The van der Waals surface area contributed by atoms with Crippen molar-refractivity contribution >= 4 is 43.2 Å². The molecule has 1 aromatic carbocycles. The Morgan fingerprint density at radius 2 is 2.05 bits per heavy atom. The van der Waals surface area contributed by atoms with Gasteiger partial charge in [0.25, 0.3) is 0 Å². The van der Waals surface area contributed by atoms with Gasteiger partial charge in [0.15, 0.2) is 0 Å². The third-order valence-electron chi connectivity index (χ3n) is 2.92. The molecule has 2 rings (SSSR count). The van der Waals surface area contributed by atoms with E-state index < -0.39 is 0 Å². The topological polar surface area (TPSA) is 12.0 Å². The predicted octanol–water partition coefficient (Wildman–Crippen LogP) is 5.42. The molecule has 0 spiro atoms.